The van der Waals surface area contributed by atoms with Gasteiger partial charge in [-0.1, -0.05) is 6.07 Å². The van der Waals surface area contributed by atoms with Crippen LogP contribution in [0.2, 0.25) is 0 Å². The molecule has 0 bridgehead atoms. The quantitative estimate of drug-likeness (QED) is 0.790. The van der Waals surface area contributed by atoms with Crippen LogP contribution in [0, 0.1) is 0 Å². The molecular weight excluding hydrogens is 308 g/mol. The molecule has 8 nitrogen and oxygen atoms in total. The number of amides is 1. The van der Waals surface area contributed by atoms with Gasteiger partial charge in [0.25, 0.3) is 10.2 Å². The van der Waals surface area contributed by atoms with E-state index in [2.05, 4.69) is 15.0 Å². The third kappa shape index (κ3) is 4.73. The minimum Gasteiger partial charge on any atom is -0.373 e. The van der Waals surface area contributed by atoms with Crippen molar-refractivity contribution in [2.24, 2.45) is 0 Å². The Hall–Kier alpha value is -1.55. The van der Waals surface area contributed by atoms with Crippen molar-refractivity contribution < 1.29 is 17.9 Å². The van der Waals surface area contributed by atoms with Gasteiger partial charge in [-0.15, -0.1) is 0 Å². The summed E-state index contributed by atoms with van der Waals surface area (Å²) in [5, 5.41) is 2.51. The Balaban J connectivity index is 1.88. The summed E-state index contributed by atoms with van der Waals surface area (Å²) in [6.07, 6.45) is 1.18. The molecule has 1 aromatic heterocycles. The maximum absolute atomic E-state index is 12.2. The number of morpholine rings is 1. The number of pyridine rings is 1. The Labute approximate surface area is 130 Å². The lowest BCUT2D eigenvalue weighted by Crippen LogP contribution is -2.52. The van der Waals surface area contributed by atoms with Gasteiger partial charge in [0, 0.05) is 19.3 Å². The largest absolute Gasteiger partial charge is 0.373 e. The number of rotatable bonds is 5. The van der Waals surface area contributed by atoms with Crippen molar-refractivity contribution in [3.05, 3.63) is 24.4 Å². The van der Waals surface area contributed by atoms with Crippen LogP contribution in [0.25, 0.3) is 0 Å². The number of hydrogen-bond acceptors (Lipinski definition) is 5. The Bertz CT molecular complexity index is 598. The summed E-state index contributed by atoms with van der Waals surface area (Å²) >= 11 is 0. The molecule has 1 amide bonds. The molecule has 0 spiro atoms. The minimum atomic E-state index is -3.71. The van der Waals surface area contributed by atoms with Gasteiger partial charge in [-0.3, -0.25) is 4.79 Å². The van der Waals surface area contributed by atoms with Crippen molar-refractivity contribution in [3.8, 4) is 0 Å². The monoisotopic (exact) mass is 328 g/mol. The SMILES string of the molecule is C[C@H]1CN(S(=O)(=O)NCC(=O)Nc2ccccn2)C[C@H](C)O1. The van der Waals surface area contributed by atoms with E-state index < -0.39 is 16.1 Å². The van der Waals surface area contributed by atoms with Gasteiger partial charge in [0.05, 0.1) is 18.8 Å². The number of nitrogens with zero attached hydrogens (tertiary/aromatic N) is 2. The zero-order chi connectivity index (χ0) is 16.2. The lowest BCUT2D eigenvalue weighted by molar-refractivity contribution is -0.115. The molecule has 0 radical (unpaired) electrons. The third-order valence-corrected chi connectivity index (χ3v) is 4.56. The van der Waals surface area contributed by atoms with E-state index in [4.69, 9.17) is 4.74 Å². The fraction of sp³-hybridized carbons (Fsp3) is 0.538. The van der Waals surface area contributed by atoms with Gasteiger partial charge >= 0.3 is 0 Å². The van der Waals surface area contributed by atoms with Crippen molar-refractivity contribution >= 4 is 21.9 Å². The highest BCUT2D eigenvalue weighted by Crippen LogP contribution is 2.13. The number of carbonyl (C=O) groups excluding carboxylic acids is 1. The molecular formula is C13H20N4O4S. The van der Waals surface area contributed by atoms with Gasteiger partial charge in [0.15, 0.2) is 0 Å². The second-order valence-electron chi connectivity index (χ2n) is 5.16. The van der Waals surface area contributed by atoms with Crippen LogP contribution in [0.15, 0.2) is 24.4 Å². The molecule has 1 saturated heterocycles. The van der Waals surface area contributed by atoms with Crippen LogP contribution in [0.5, 0.6) is 0 Å². The predicted octanol–water partition coefficient (Wildman–Crippen LogP) is -0.0363. The molecule has 1 aliphatic heterocycles. The number of anilines is 1. The Morgan fingerprint density at radius 3 is 2.64 bits per heavy atom. The lowest BCUT2D eigenvalue weighted by atomic mass is 10.3. The standard InChI is InChI=1S/C13H20N4O4S/c1-10-8-17(9-11(2)21-10)22(19,20)15-7-13(18)16-12-5-3-4-6-14-12/h3-6,10-11,15H,7-9H2,1-2H3,(H,14,16,18)/t10-,11-/m0/s1. The number of hydrogen-bond donors (Lipinski definition) is 2. The van der Waals surface area contributed by atoms with E-state index in [1.54, 1.807) is 18.2 Å². The molecule has 9 heteroatoms. The van der Waals surface area contributed by atoms with E-state index in [9.17, 15) is 13.2 Å². The second-order valence-corrected chi connectivity index (χ2v) is 6.92. The number of ether oxygens (including phenoxy) is 1. The number of aromatic nitrogens is 1. The van der Waals surface area contributed by atoms with Crippen LogP contribution in [0.3, 0.4) is 0 Å². The van der Waals surface area contributed by atoms with Crippen molar-refractivity contribution in [1.29, 1.82) is 0 Å². The molecule has 0 aliphatic carbocycles. The van der Waals surface area contributed by atoms with Gasteiger partial charge in [0.2, 0.25) is 5.91 Å². The first kappa shape index (κ1) is 16.8. The summed E-state index contributed by atoms with van der Waals surface area (Å²) in [5.41, 5.74) is 0. The first-order valence-electron chi connectivity index (χ1n) is 6.98. The first-order chi connectivity index (χ1) is 10.4. The molecule has 0 unspecified atom stereocenters. The van der Waals surface area contributed by atoms with Crippen LogP contribution in [0.1, 0.15) is 13.8 Å². The second kappa shape index (κ2) is 7.14. The third-order valence-electron chi connectivity index (χ3n) is 3.07. The van der Waals surface area contributed by atoms with Crippen molar-refractivity contribution in [3.63, 3.8) is 0 Å². The lowest BCUT2D eigenvalue weighted by Gasteiger charge is -2.34. The fourth-order valence-corrected chi connectivity index (χ4v) is 3.51. The molecule has 0 saturated carbocycles. The van der Waals surface area contributed by atoms with Gasteiger partial charge in [-0.2, -0.15) is 17.4 Å². The number of carbonyl (C=O) groups is 1. The molecule has 2 rings (SSSR count). The Kier molecular flexibility index (Phi) is 5.46. The maximum Gasteiger partial charge on any atom is 0.280 e. The Morgan fingerprint density at radius 2 is 2.05 bits per heavy atom. The van der Waals surface area contributed by atoms with Crippen LogP contribution in [0.4, 0.5) is 5.82 Å². The van der Waals surface area contributed by atoms with Crippen molar-refractivity contribution in [2.75, 3.05) is 25.0 Å². The fourth-order valence-electron chi connectivity index (χ4n) is 2.20. The summed E-state index contributed by atoms with van der Waals surface area (Å²) in [4.78, 5) is 15.7. The average Bonchev–Trinajstić information content (AvgIpc) is 2.45. The minimum absolute atomic E-state index is 0.178. The van der Waals surface area contributed by atoms with E-state index in [1.165, 1.54) is 10.5 Å². The normalized spacial score (nSPS) is 23.2. The molecule has 2 atom stereocenters. The summed E-state index contributed by atoms with van der Waals surface area (Å²) in [5.74, 6) is -0.100. The highest BCUT2D eigenvalue weighted by molar-refractivity contribution is 7.87. The smallest absolute Gasteiger partial charge is 0.280 e. The van der Waals surface area contributed by atoms with E-state index in [0.717, 1.165) is 0 Å². The van der Waals surface area contributed by atoms with Gasteiger partial charge in [0.1, 0.15) is 5.82 Å². The molecule has 1 fully saturated rings. The molecule has 122 valence electrons. The first-order valence-corrected chi connectivity index (χ1v) is 8.42. The average molecular weight is 328 g/mol. The molecule has 22 heavy (non-hydrogen) atoms. The Morgan fingerprint density at radius 1 is 1.36 bits per heavy atom. The predicted molar refractivity (Wildman–Crippen MR) is 81.4 cm³/mol. The van der Waals surface area contributed by atoms with E-state index in [-0.39, 0.29) is 31.8 Å². The highest BCUT2D eigenvalue weighted by atomic mass is 32.2. The molecule has 1 aromatic rings. The van der Waals surface area contributed by atoms with Crippen LogP contribution >= 0.6 is 0 Å². The van der Waals surface area contributed by atoms with E-state index in [1.807, 2.05) is 13.8 Å². The van der Waals surface area contributed by atoms with Crippen LogP contribution < -0.4 is 10.0 Å². The summed E-state index contributed by atoms with van der Waals surface area (Å²) in [6, 6.07) is 5.07. The molecule has 1 aliphatic rings. The highest BCUT2D eigenvalue weighted by Gasteiger charge is 2.31. The van der Waals surface area contributed by atoms with Gasteiger partial charge < -0.3 is 10.1 Å². The van der Waals surface area contributed by atoms with Crippen molar-refractivity contribution in [1.82, 2.24) is 14.0 Å². The maximum atomic E-state index is 12.2. The topological polar surface area (TPSA) is 101 Å². The summed E-state index contributed by atoms with van der Waals surface area (Å²) < 4.78 is 33.5. The number of nitrogens with one attached hydrogen (secondary N) is 2. The molecule has 2 heterocycles. The molecule has 0 aromatic carbocycles. The van der Waals surface area contributed by atoms with Crippen molar-refractivity contribution in [2.45, 2.75) is 26.1 Å². The van der Waals surface area contributed by atoms with Crippen LogP contribution in [-0.2, 0) is 19.7 Å². The zero-order valence-electron chi connectivity index (χ0n) is 12.5. The summed E-state index contributed by atoms with van der Waals surface area (Å²) in [7, 11) is -3.71. The van der Waals surface area contributed by atoms with Gasteiger partial charge in [-0.05, 0) is 26.0 Å². The van der Waals surface area contributed by atoms with Crippen LogP contribution in [-0.4, -0.2) is 55.5 Å². The van der Waals surface area contributed by atoms with E-state index >= 15 is 0 Å². The zero-order valence-corrected chi connectivity index (χ0v) is 13.3. The van der Waals surface area contributed by atoms with Gasteiger partial charge in [-0.25, -0.2) is 4.98 Å². The molecule has 2 N–H and O–H groups in total. The van der Waals surface area contributed by atoms with E-state index in [0.29, 0.717) is 5.82 Å². The summed E-state index contributed by atoms with van der Waals surface area (Å²) in [6.45, 7) is 3.81.